The lowest BCUT2D eigenvalue weighted by Gasteiger charge is -2.69. The summed E-state index contributed by atoms with van der Waals surface area (Å²) in [6.07, 6.45) is 10.6. The predicted octanol–water partition coefficient (Wildman–Crippen LogP) is 7.01. The molecule has 0 spiro atoms. The fourth-order valence-electron chi connectivity index (χ4n) is 9.06. The van der Waals surface area contributed by atoms with Gasteiger partial charge in [-0.1, -0.05) is 73.5 Å². The van der Waals surface area contributed by atoms with Crippen LogP contribution in [0.3, 0.4) is 0 Å². The van der Waals surface area contributed by atoms with Gasteiger partial charge in [-0.25, -0.2) is 0 Å². The van der Waals surface area contributed by atoms with Gasteiger partial charge in [0.1, 0.15) is 6.29 Å². The van der Waals surface area contributed by atoms with Crippen molar-refractivity contribution in [3.63, 3.8) is 0 Å². The zero-order valence-electron chi connectivity index (χ0n) is 23.5. The standard InChI is InChI=1S/C29H49FO2.CH4O/c1-9-20(3)24-21-11-12-23-26(6,17-30)22(25(4,5)18-31)13-14-28(23,8)27(21,7)15-16-29(24,10-2)19-32;1-2/h11,19-20,22-24,31H,9-10,12-18H2,1-8H3;2H,1H3. The quantitative estimate of drug-likeness (QED) is 0.304. The number of halogens is 1. The monoisotopic (exact) mass is 480 g/mol. The van der Waals surface area contributed by atoms with Crippen molar-refractivity contribution in [1.29, 1.82) is 0 Å². The number of hydrogen-bond donors (Lipinski definition) is 2. The van der Waals surface area contributed by atoms with Gasteiger partial charge in [-0.2, -0.15) is 0 Å². The van der Waals surface area contributed by atoms with E-state index in [9.17, 15) is 9.90 Å². The van der Waals surface area contributed by atoms with E-state index >= 15 is 4.39 Å². The van der Waals surface area contributed by atoms with E-state index in [4.69, 9.17) is 5.11 Å². The smallest absolute Gasteiger partial charge is 0.126 e. The Balaban J connectivity index is 0.00000199. The van der Waals surface area contributed by atoms with Crippen molar-refractivity contribution >= 4 is 6.29 Å². The number of aliphatic hydroxyl groups excluding tert-OH is 2. The van der Waals surface area contributed by atoms with Crippen molar-refractivity contribution < 1.29 is 19.4 Å². The minimum atomic E-state index is -0.444. The molecule has 0 aromatic rings. The number of aldehydes is 1. The van der Waals surface area contributed by atoms with E-state index in [1.165, 1.54) is 11.9 Å². The summed E-state index contributed by atoms with van der Waals surface area (Å²) < 4.78 is 15.0. The molecule has 0 saturated heterocycles. The molecular formula is C30H53FO3. The van der Waals surface area contributed by atoms with E-state index in [0.717, 1.165) is 52.1 Å². The first kappa shape index (κ1) is 29.5. The molecule has 3 rings (SSSR count). The van der Waals surface area contributed by atoms with Crippen LogP contribution < -0.4 is 0 Å². The molecular weight excluding hydrogens is 427 g/mol. The molecule has 2 N–H and O–H groups in total. The second-order valence-electron chi connectivity index (χ2n) is 13.1. The molecule has 3 nitrogen and oxygen atoms in total. The van der Waals surface area contributed by atoms with Gasteiger partial charge in [-0.3, -0.25) is 4.39 Å². The van der Waals surface area contributed by atoms with Crippen LogP contribution >= 0.6 is 0 Å². The maximum atomic E-state index is 15.0. The zero-order valence-corrected chi connectivity index (χ0v) is 23.5. The Morgan fingerprint density at radius 3 is 2.26 bits per heavy atom. The van der Waals surface area contributed by atoms with Gasteiger partial charge in [0.2, 0.25) is 0 Å². The van der Waals surface area contributed by atoms with Gasteiger partial charge in [0.25, 0.3) is 0 Å². The first-order valence-electron chi connectivity index (χ1n) is 13.7. The molecule has 34 heavy (non-hydrogen) atoms. The van der Waals surface area contributed by atoms with Gasteiger partial charge in [-0.05, 0) is 78.4 Å². The number of carbonyl (C=O) groups is 1. The van der Waals surface area contributed by atoms with Crippen LogP contribution in [0.25, 0.3) is 0 Å². The summed E-state index contributed by atoms with van der Waals surface area (Å²) in [5, 5.41) is 17.1. The summed E-state index contributed by atoms with van der Waals surface area (Å²) in [6, 6.07) is 0. The fourth-order valence-corrected chi connectivity index (χ4v) is 9.06. The van der Waals surface area contributed by atoms with E-state index in [0.29, 0.717) is 5.92 Å². The summed E-state index contributed by atoms with van der Waals surface area (Å²) in [5.41, 5.74) is 0.522. The Kier molecular flexibility index (Phi) is 8.95. The maximum absolute atomic E-state index is 15.0. The lowest BCUT2D eigenvalue weighted by atomic mass is 9.35. The molecule has 8 unspecified atom stereocenters. The summed E-state index contributed by atoms with van der Waals surface area (Å²) in [5.74, 6) is 1.17. The van der Waals surface area contributed by atoms with Crippen molar-refractivity contribution in [1.82, 2.24) is 0 Å². The van der Waals surface area contributed by atoms with Gasteiger partial charge >= 0.3 is 0 Å². The van der Waals surface area contributed by atoms with E-state index in [1.54, 1.807) is 0 Å². The number of rotatable bonds is 7. The van der Waals surface area contributed by atoms with Crippen molar-refractivity contribution in [3.05, 3.63) is 11.6 Å². The molecule has 0 aliphatic heterocycles. The number of aliphatic hydroxyl groups is 2. The summed E-state index contributed by atoms with van der Waals surface area (Å²) in [7, 11) is 1.00. The molecule has 3 aliphatic rings. The fraction of sp³-hybridized carbons (Fsp3) is 0.900. The van der Waals surface area contributed by atoms with Crippen LogP contribution in [-0.2, 0) is 4.79 Å². The molecule has 0 radical (unpaired) electrons. The Morgan fingerprint density at radius 2 is 1.79 bits per heavy atom. The molecule has 0 aromatic carbocycles. The van der Waals surface area contributed by atoms with Gasteiger partial charge in [0.05, 0.1) is 6.67 Å². The van der Waals surface area contributed by atoms with Crippen molar-refractivity contribution in [3.8, 4) is 0 Å². The maximum Gasteiger partial charge on any atom is 0.126 e. The van der Waals surface area contributed by atoms with Gasteiger partial charge in [0.15, 0.2) is 0 Å². The van der Waals surface area contributed by atoms with Gasteiger partial charge in [0, 0.05) is 24.5 Å². The normalized spacial score (nSPS) is 42.9. The molecule has 2 saturated carbocycles. The average Bonchev–Trinajstić information content (AvgIpc) is 2.84. The average molecular weight is 481 g/mol. The molecule has 0 bridgehead atoms. The molecule has 8 atom stereocenters. The van der Waals surface area contributed by atoms with Crippen LogP contribution in [0, 0.1) is 50.7 Å². The van der Waals surface area contributed by atoms with E-state index in [-0.39, 0.29) is 52.7 Å². The van der Waals surface area contributed by atoms with Gasteiger partial charge in [-0.15, -0.1) is 0 Å². The predicted molar refractivity (Wildman–Crippen MR) is 139 cm³/mol. The van der Waals surface area contributed by atoms with Gasteiger partial charge < -0.3 is 15.0 Å². The highest BCUT2D eigenvalue weighted by Gasteiger charge is 2.66. The number of fused-ring (bicyclic) bond motifs is 3. The van der Waals surface area contributed by atoms with Crippen LogP contribution in [0.5, 0.6) is 0 Å². The SMILES string of the molecule is CCC(C)C1C2=CCC3C(C)(CF)C(C(C)(C)CO)CCC3(C)C2(C)CCC1(C=O)CC.CO. The highest BCUT2D eigenvalue weighted by molar-refractivity contribution is 5.62. The Bertz CT molecular complexity index is 747. The Hall–Kier alpha value is -0.740. The number of hydrogen-bond acceptors (Lipinski definition) is 3. The van der Waals surface area contributed by atoms with Crippen LogP contribution in [-0.4, -0.2) is 36.9 Å². The summed E-state index contributed by atoms with van der Waals surface area (Å²) in [6.45, 7) is 17.8. The topological polar surface area (TPSA) is 57.5 Å². The number of allylic oxidation sites excluding steroid dienone is 2. The lowest BCUT2D eigenvalue weighted by molar-refractivity contribution is -0.173. The third-order valence-corrected chi connectivity index (χ3v) is 11.6. The van der Waals surface area contributed by atoms with Crippen molar-refractivity contribution in [2.45, 2.75) is 100 Å². The second-order valence-corrected chi connectivity index (χ2v) is 13.1. The highest BCUT2D eigenvalue weighted by atomic mass is 19.1. The van der Waals surface area contributed by atoms with Crippen LogP contribution in [0.1, 0.15) is 100 Å². The summed E-state index contributed by atoms with van der Waals surface area (Å²) in [4.78, 5) is 12.5. The highest BCUT2D eigenvalue weighted by Crippen LogP contribution is 2.73. The van der Waals surface area contributed by atoms with Crippen molar-refractivity contribution in [2.75, 3.05) is 20.4 Å². The van der Waals surface area contributed by atoms with Crippen LogP contribution in [0.2, 0.25) is 0 Å². The van der Waals surface area contributed by atoms with E-state index in [1.807, 2.05) is 0 Å². The van der Waals surface area contributed by atoms with E-state index < -0.39 is 5.41 Å². The molecule has 0 aromatic heterocycles. The van der Waals surface area contributed by atoms with Crippen LogP contribution in [0.15, 0.2) is 11.6 Å². The Labute approximate surface area is 209 Å². The Morgan fingerprint density at radius 1 is 1.18 bits per heavy atom. The van der Waals surface area contributed by atoms with Crippen LogP contribution in [0.4, 0.5) is 4.39 Å². The molecule has 198 valence electrons. The molecule has 0 amide bonds. The first-order valence-corrected chi connectivity index (χ1v) is 13.7. The minimum absolute atomic E-state index is 0.00352. The zero-order chi connectivity index (χ0) is 26.2. The molecule has 0 heterocycles. The molecule has 4 heteroatoms. The van der Waals surface area contributed by atoms with Crippen molar-refractivity contribution in [2.24, 2.45) is 50.7 Å². The third kappa shape index (κ3) is 4.03. The summed E-state index contributed by atoms with van der Waals surface area (Å²) >= 11 is 0. The third-order valence-electron chi connectivity index (χ3n) is 11.6. The number of carbonyl (C=O) groups excluding carboxylic acids is 1. The lowest BCUT2D eigenvalue weighted by Crippen LogP contribution is -2.63. The minimum Gasteiger partial charge on any atom is -0.400 e. The van der Waals surface area contributed by atoms with E-state index in [2.05, 4.69) is 61.5 Å². The largest absolute Gasteiger partial charge is 0.400 e. The second kappa shape index (κ2) is 10.3. The number of alkyl halides is 1. The molecule has 3 aliphatic carbocycles. The first-order chi connectivity index (χ1) is 15.9. The molecule has 2 fully saturated rings.